The molecule has 2 rings (SSSR count). The Labute approximate surface area is 98.9 Å². The summed E-state index contributed by atoms with van der Waals surface area (Å²) in [5.41, 5.74) is 1.82. The molecule has 1 N–H and O–H groups in total. The molecule has 0 amide bonds. The van der Waals surface area contributed by atoms with E-state index in [9.17, 15) is 5.11 Å². The molecule has 0 fully saturated rings. The monoisotopic (exact) mass is 234 g/mol. The van der Waals surface area contributed by atoms with Crippen LogP contribution in [0.1, 0.15) is 5.69 Å². The van der Waals surface area contributed by atoms with E-state index < -0.39 is 0 Å². The van der Waals surface area contributed by atoms with Gasteiger partial charge in [0.15, 0.2) is 5.75 Å². The first-order chi connectivity index (χ1) is 8.22. The van der Waals surface area contributed by atoms with Gasteiger partial charge in [-0.3, -0.25) is 4.68 Å². The van der Waals surface area contributed by atoms with Crippen molar-refractivity contribution < 1.29 is 9.84 Å². The fourth-order valence-corrected chi connectivity index (χ4v) is 1.47. The molecule has 0 atom stereocenters. The van der Waals surface area contributed by atoms with Gasteiger partial charge < -0.3 is 9.84 Å². The predicted octanol–water partition coefficient (Wildman–Crippen LogP) is 1.00. The molecule has 2 aromatic heterocycles. The van der Waals surface area contributed by atoms with Crippen LogP contribution in [0.15, 0.2) is 18.7 Å². The fraction of sp³-hybridized carbons (Fsp3) is 0.364. The van der Waals surface area contributed by atoms with E-state index in [0.29, 0.717) is 24.5 Å². The van der Waals surface area contributed by atoms with Gasteiger partial charge in [0.05, 0.1) is 25.0 Å². The van der Waals surface area contributed by atoms with Crippen molar-refractivity contribution in [3.63, 3.8) is 0 Å². The van der Waals surface area contributed by atoms with Crippen LogP contribution in [0.4, 0.5) is 0 Å². The molecule has 0 aliphatic carbocycles. The molecule has 0 saturated heterocycles. The third-order valence-corrected chi connectivity index (χ3v) is 2.44. The van der Waals surface area contributed by atoms with Gasteiger partial charge >= 0.3 is 0 Å². The molecule has 6 heteroatoms. The smallest absolute Gasteiger partial charge is 0.163 e. The lowest BCUT2D eigenvalue weighted by molar-refractivity contribution is 0.183. The van der Waals surface area contributed by atoms with Gasteiger partial charge in [0, 0.05) is 18.9 Å². The second-order valence-corrected chi connectivity index (χ2v) is 3.64. The van der Waals surface area contributed by atoms with Crippen molar-refractivity contribution in [2.24, 2.45) is 0 Å². The summed E-state index contributed by atoms with van der Waals surface area (Å²) >= 11 is 0. The van der Waals surface area contributed by atoms with Crippen LogP contribution < -0.4 is 0 Å². The molecule has 0 aromatic carbocycles. The third-order valence-electron chi connectivity index (χ3n) is 2.44. The number of aromatic nitrogens is 4. The van der Waals surface area contributed by atoms with E-state index >= 15 is 0 Å². The van der Waals surface area contributed by atoms with Crippen molar-refractivity contribution in [3.8, 4) is 17.0 Å². The number of hydrogen-bond donors (Lipinski definition) is 1. The number of aryl methyl sites for hydroxylation is 1. The van der Waals surface area contributed by atoms with E-state index in [1.807, 2.05) is 6.20 Å². The Hall–Kier alpha value is -1.95. The average Bonchev–Trinajstić information content (AvgIpc) is 2.78. The molecule has 0 unspecified atom stereocenters. The maximum atomic E-state index is 9.85. The van der Waals surface area contributed by atoms with E-state index in [2.05, 4.69) is 15.1 Å². The molecular formula is C11H14N4O2. The van der Waals surface area contributed by atoms with Crippen LogP contribution in [-0.4, -0.2) is 38.6 Å². The fourth-order valence-electron chi connectivity index (χ4n) is 1.47. The molecule has 0 aliphatic heterocycles. The second kappa shape index (κ2) is 4.92. The summed E-state index contributed by atoms with van der Waals surface area (Å²) in [6.07, 6.45) is 4.91. The number of ether oxygens (including phenoxy) is 1. The molecule has 0 saturated carbocycles. The van der Waals surface area contributed by atoms with Crippen molar-refractivity contribution in [3.05, 3.63) is 24.4 Å². The van der Waals surface area contributed by atoms with E-state index in [1.165, 1.54) is 6.33 Å². The molecule has 0 radical (unpaired) electrons. The highest BCUT2D eigenvalue weighted by molar-refractivity contribution is 5.64. The highest BCUT2D eigenvalue weighted by Gasteiger charge is 2.10. The summed E-state index contributed by atoms with van der Waals surface area (Å²) in [4.78, 5) is 7.97. The maximum Gasteiger partial charge on any atom is 0.163 e. The van der Waals surface area contributed by atoms with Crippen LogP contribution in [0.25, 0.3) is 11.3 Å². The molecule has 0 spiro atoms. The van der Waals surface area contributed by atoms with Crippen molar-refractivity contribution in [2.75, 3.05) is 13.7 Å². The zero-order valence-corrected chi connectivity index (χ0v) is 9.79. The van der Waals surface area contributed by atoms with Gasteiger partial charge in [0.1, 0.15) is 12.0 Å². The van der Waals surface area contributed by atoms with Gasteiger partial charge in [-0.2, -0.15) is 5.10 Å². The number of methoxy groups -OCH3 is 1. The molecule has 17 heavy (non-hydrogen) atoms. The molecule has 0 bridgehead atoms. The predicted molar refractivity (Wildman–Crippen MR) is 61.5 cm³/mol. The van der Waals surface area contributed by atoms with Gasteiger partial charge in [-0.15, -0.1) is 0 Å². The number of rotatable bonds is 4. The van der Waals surface area contributed by atoms with Crippen molar-refractivity contribution in [1.82, 2.24) is 19.7 Å². The summed E-state index contributed by atoms with van der Waals surface area (Å²) < 4.78 is 6.71. The first-order valence-electron chi connectivity index (χ1n) is 5.24. The second-order valence-electron chi connectivity index (χ2n) is 3.64. The average molecular weight is 234 g/mol. The Kier molecular flexibility index (Phi) is 3.34. The summed E-state index contributed by atoms with van der Waals surface area (Å²) in [6, 6.07) is 0. The van der Waals surface area contributed by atoms with Crippen molar-refractivity contribution >= 4 is 0 Å². The molecular weight excluding hydrogens is 220 g/mol. The summed E-state index contributed by atoms with van der Waals surface area (Å²) in [5.74, 6) is 0.0961. The van der Waals surface area contributed by atoms with Crippen molar-refractivity contribution in [1.29, 1.82) is 0 Å². The highest BCUT2D eigenvalue weighted by atomic mass is 16.5. The van der Waals surface area contributed by atoms with Crippen LogP contribution in [0, 0.1) is 6.92 Å². The zero-order valence-electron chi connectivity index (χ0n) is 9.79. The van der Waals surface area contributed by atoms with Crippen LogP contribution in [-0.2, 0) is 11.3 Å². The summed E-state index contributed by atoms with van der Waals surface area (Å²) in [5, 5.41) is 14.0. The maximum absolute atomic E-state index is 9.85. The Morgan fingerprint density at radius 2 is 2.24 bits per heavy atom. The largest absolute Gasteiger partial charge is 0.504 e. The molecule has 6 nitrogen and oxygen atoms in total. The number of aromatic hydroxyl groups is 1. The Balaban J connectivity index is 2.27. The lowest BCUT2D eigenvalue weighted by Gasteiger charge is -2.02. The van der Waals surface area contributed by atoms with Crippen LogP contribution in [0.2, 0.25) is 0 Å². The van der Waals surface area contributed by atoms with Crippen LogP contribution in [0.5, 0.6) is 5.75 Å². The number of hydrogen-bond acceptors (Lipinski definition) is 5. The van der Waals surface area contributed by atoms with E-state index in [1.54, 1.807) is 24.9 Å². The Morgan fingerprint density at radius 1 is 1.41 bits per heavy atom. The standard InChI is InChI=1S/C11H14N4O2/c1-8-11(16)10(13-7-12-8)9-5-14-15(6-9)3-4-17-2/h5-7,16H,3-4H2,1-2H3. The van der Waals surface area contributed by atoms with E-state index in [4.69, 9.17) is 4.74 Å². The van der Waals surface area contributed by atoms with Gasteiger partial charge in [0.25, 0.3) is 0 Å². The third kappa shape index (κ3) is 2.42. The molecule has 0 aliphatic rings. The first kappa shape index (κ1) is 11.5. The highest BCUT2D eigenvalue weighted by Crippen LogP contribution is 2.27. The van der Waals surface area contributed by atoms with Crippen molar-refractivity contribution in [2.45, 2.75) is 13.5 Å². The molecule has 90 valence electrons. The topological polar surface area (TPSA) is 73.1 Å². The van der Waals surface area contributed by atoms with Crippen LogP contribution >= 0.6 is 0 Å². The summed E-state index contributed by atoms with van der Waals surface area (Å²) in [7, 11) is 1.64. The lowest BCUT2D eigenvalue weighted by Crippen LogP contribution is -2.03. The first-order valence-corrected chi connectivity index (χ1v) is 5.24. The van der Waals surface area contributed by atoms with Gasteiger partial charge in [-0.05, 0) is 6.92 Å². The zero-order chi connectivity index (χ0) is 12.3. The SMILES string of the molecule is COCCn1cc(-c2ncnc(C)c2O)cn1. The number of nitrogens with zero attached hydrogens (tertiary/aromatic N) is 4. The van der Waals surface area contributed by atoms with Gasteiger partial charge in [0.2, 0.25) is 0 Å². The Bertz CT molecular complexity index is 510. The van der Waals surface area contributed by atoms with Gasteiger partial charge in [-0.1, -0.05) is 0 Å². The minimum Gasteiger partial charge on any atom is -0.504 e. The minimum atomic E-state index is 0.0961. The van der Waals surface area contributed by atoms with E-state index in [-0.39, 0.29) is 5.75 Å². The quantitative estimate of drug-likeness (QED) is 0.854. The minimum absolute atomic E-state index is 0.0961. The lowest BCUT2D eigenvalue weighted by atomic mass is 10.2. The summed E-state index contributed by atoms with van der Waals surface area (Å²) in [6.45, 7) is 2.99. The molecule has 2 aromatic rings. The normalized spacial score (nSPS) is 10.7. The molecule has 2 heterocycles. The van der Waals surface area contributed by atoms with E-state index in [0.717, 1.165) is 5.56 Å². The van der Waals surface area contributed by atoms with Gasteiger partial charge in [-0.25, -0.2) is 9.97 Å². The van der Waals surface area contributed by atoms with Crippen LogP contribution in [0.3, 0.4) is 0 Å². The Morgan fingerprint density at radius 3 is 3.00 bits per heavy atom.